The van der Waals surface area contributed by atoms with Crippen molar-refractivity contribution in [2.45, 2.75) is 380 Å². The van der Waals surface area contributed by atoms with Gasteiger partial charge in [0, 0.05) is 19.3 Å². The highest BCUT2D eigenvalue weighted by atomic mass is 16.6. The molecule has 0 aliphatic rings. The lowest BCUT2D eigenvalue weighted by atomic mass is 10.0. The second-order valence-corrected chi connectivity index (χ2v) is 22.7. The molecule has 0 fully saturated rings. The van der Waals surface area contributed by atoms with Crippen LogP contribution in [0.3, 0.4) is 0 Å². The third-order valence-electron chi connectivity index (χ3n) is 15.2. The van der Waals surface area contributed by atoms with Gasteiger partial charge in [0.15, 0.2) is 6.10 Å². The molecule has 6 heteroatoms. The SMILES string of the molecule is CCCCCCCC/C=C\CCCCCCCCCC(=O)OC(COC(=O)CCCCCCCC)COC(=O)CCCCCCCCCCCCCCCCCCCCCCC/C=C\CCCCCCCCCC. The number of carbonyl (C=O) groups is 3. The first-order valence-electron chi connectivity index (χ1n) is 33.3. The van der Waals surface area contributed by atoms with E-state index in [1.54, 1.807) is 0 Å². The van der Waals surface area contributed by atoms with Gasteiger partial charge in [0.25, 0.3) is 0 Å². The number of hydrogen-bond donors (Lipinski definition) is 0. The number of carbonyl (C=O) groups excluding carboxylic acids is 3. The molecular formula is C68H128O6. The molecule has 0 radical (unpaired) electrons. The fourth-order valence-electron chi connectivity index (χ4n) is 10.1. The molecule has 0 aromatic heterocycles. The number of esters is 3. The molecule has 0 aliphatic heterocycles. The van der Waals surface area contributed by atoms with Gasteiger partial charge in [-0.1, -0.05) is 308 Å². The molecule has 0 heterocycles. The van der Waals surface area contributed by atoms with Crippen LogP contribution in [0.4, 0.5) is 0 Å². The van der Waals surface area contributed by atoms with Gasteiger partial charge in [-0.2, -0.15) is 0 Å². The molecular weight excluding hydrogens is 913 g/mol. The molecule has 0 saturated carbocycles. The van der Waals surface area contributed by atoms with Crippen LogP contribution in [0.2, 0.25) is 0 Å². The molecule has 6 nitrogen and oxygen atoms in total. The summed E-state index contributed by atoms with van der Waals surface area (Å²) < 4.78 is 16.8. The lowest BCUT2D eigenvalue weighted by molar-refractivity contribution is -0.167. The van der Waals surface area contributed by atoms with E-state index in [9.17, 15) is 14.4 Å². The Labute approximate surface area is 462 Å². The highest BCUT2D eigenvalue weighted by Gasteiger charge is 2.19. The standard InChI is InChI=1S/C68H128O6/c1-4-7-10-13-16-18-20-22-24-26-27-28-29-30-31-32-33-34-35-36-37-38-39-40-41-43-44-46-48-50-52-55-58-61-67(70)73-64-65(63-72-66(69)60-57-54-15-12-9-6-3)74-68(71)62-59-56-53-51-49-47-45-42-25-23-21-19-17-14-11-8-5-2/h23,25-27,65H,4-22,24,28-64H2,1-3H3/b25-23-,27-26-. The number of rotatable bonds is 62. The van der Waals surface area contributed by atoms with Crippen molar-refractivity contribution in [3.63, 3.8) is 0 Å². The molecule has 0 aliphatic carbocycles. The molecule has 0 aromatic carbocycles. The Kier molecular flexibility index (Phi) is 61.6. The zero-order chi connectivity index (χ0) is 53.6. The van der Waals surface area contributed by atoms with E-state index in [1.165, 1.54) is 276 Å². The summed E-state index contributed by atoms with van der Waals surface area (Å²) in [6, 6.07) is 0. The third-order valence-corrected chi connectivity index (χ3v) is 15.2. The zero-order valence-corrected chi connectivity index (χ0v) is 50.1. The summed E-state index contributed by atoms with van der Waals surface area (Å²) in [5.74, 6) is -0.860. The first-order valence-corrected chi connectivity index (χ1v) is 33.3. The van der Waals surface area contributed by atoms with Crippen LogP contribution in [-0.2, 0) is 28.6 Å². The molecule has 0 spiro atoms. The molecule has 0 aromatic rings. The van der Waals surface area contributed by atoms with E-state index in [-0.39, 0.29) is 31.1 Å². The van der Waals surface area contributed by atoms with E-state index in [1.807, 2.05) is 0 Å². The van der Waals surface area contributed by atoms with E-state index in [0.717, 1.165) is 57.8 Å². The molecule has 0 N–H and O–H groups in total. The number of allylic oxidation sites excluding steroid dienone is 4. The van der Waals surface area contributed by atoms with Crippen LogP contribution in [0, 0.1) is 0 Å². The minimum Gasteiger partial charge on any atom is -0.462 e. The Bertz CT molecular complexity index is 1190. The van der Waals surface area contributed by atoms with Gasteiger partial charge >= 0.3 is 17.9 Å². The minimum atomic E-state index is -0.767. The maximum atomic E-state index is 12.8. The van der Waals surface area contributed by atoms with Gasteiger partial charge in [-0.05, 0) is 70.6 Å². The van der Waals surface area contributed by atoms with E-state index < -0.39 is 6.10 Å². The van der Waals surface area contributed by atoms with Crippen LogP contribution < -0.4 is 0 Å². The lowest BCUT2D eigenvalue weighted by Crippen LogP contribution is -2.30. The minimum absolute atomic E-state index is 0.0680. The fourth-order valence-corrected chi connectivity index (χ4v) is 10.1. The maximum absolute atomic E-state index is 12.8. The van der Waals surface area contributed by atoms with Gasteiger partial charge in [-0.3, -0.25) is 14.4 Å². The second-order valence-electron chi connectivity index (χ2n) is 22.7. The van der Waals surface area contributed by atoms with Crippen molar-refractivity contribution in [1.29, 1.82) is 0 Å². The number of ether oxygens (including phenoxy) is 3. The Morgan fingerprint density at radius 2 is 0.446 bits per heavy atom. The van der Waals surface area contributed by atoms with Crippen molar-refractivity contribution in [2.75, 3.05) is 13.2 Å². The highest BCUT2D eigenvalue weighted by Crippen LogP contribution is 2.18. The average Bonchev–Trinajstić information content (AvgIpc) is 3.40. The van der Waals surface area contributed by atoms with Crippen LogP contribution in [0.1, 0.15) is 374 Å². The molecule has 0 amide bonds. The predicted molar refractivity (Wildman–Crippen MR) is 321 cm³/mol. The molecule has 0 saturated heterocycles. The van der Waals surface area contributed by atoms with Crippen LogP contribution >= 0.6 is 0 Å². The topological polar surface area (TPSA) is 78.9 Å². The first kappa shape index (κ1) is 71.9. The molecule has 1 atom stereocenters. The summed E-state index contributed by atoms with van der Waals surface area (Å²) in [4.78, 5) is 38.0. The van der Waals surface area contributed by atoms with Gasteiger partial charge in [-0.25, -0.2) is 0 Å². The third kappa shape index (κ3) is 60.8. The average molecular weight is 1040 g/mol. The largest absolute Gasteiger partial charge is 0.462 e. The smallest absolute Gasteiger partial charge is 0.306 e. The quantitative estimate of drug-likeness (QED) is 0.0261. The summed E-state index contributed by atoms with van der Waals surface area (Å²) in [6.45, 7) is 6.63. The maximum Gasteiger partial charge on any atom is 0.306 e. The van der Waals surface area contributed by atoms with E-state index in [0.29, 0.717) is 19.3 Å². The van der Waals surface area contributed by atoms with E-state index in [2.05, 4.69) is 45.1 Å². The van der Waals surface area contributed by atoms with Gasteiger partial charge < -0.3 is 14.2 Å². The highest BCUT2D eigenvalue weighted by molar-refractivity contribution is 5.71. The van der Waals surface area contributed by atoms with Crippen molar-refractivity contribution in [1.82, 2.24) is 0 Å². The second kappa shape index (κ2) is 63.4. The Hall–Kier alpha value is -2.11. The van der Waals surface area contributed by atoms with Crippen molar-refractivity contribution in [3.05, 3.63) is 24.3 Å². The number of hydrogen-bond acceptors (Lipinski definition) is 6. The Morgan fingerprint density at radius 1 is 0.257 bits per heavy atom. The van der Waals surface area contributed by atoms with Crippen molar-refractivity contribution in [3.8, 4) is 0 Å². The molecule has 0 bridgehead atoms. The lowest BCUT2D eigenvalue weighted by Gasteiger charge is -2.18. The molecule has 0 rings (SSSR count). The summed E-state index contributed by atoms with van der Waals surface area (Å²) in [5.41, 5.74) is 0. The van der Waals surface area contributed by atoms with Gasteiger partial charge in [0.2, 0.25) is 0 Å². The Morgan fingerprint density at radius 3 is 0.676 bits per heavy atom. The van der Waals surface area contributed by atoms with Crippen LogP contribution in [-0.4, -0.2) is 37.2 Å². The monoisotopic (exact) mass is 1040 g/mol. The zero-order valence-electron chi connectivity index (χ0n) is 50.1. The number of unbranched alkanes of at least 4 members (excludes halogenated alkanes) is 47. The summed E-state index contributed by atoms with van der Waals surface area (Å²) in [6.07, 6.45) is 76.8. The molecule has 436 valence electrons. The molecule has 74 heavy (non-hydrogen) atoms. The van der Waals surface area contributed by atoms with Gasteiger partial charge in [-0.15, -0.1) is 0 Å². The van der Waals surface area contributed by atoms with E-state index in [4.69, 9.17) is 14.2 Å². The van der Waals surface area contributed by atoms with Crippen LogP contribution in [0.5, 0.6) is 0 Å². The summed E-state index contributed by atoms with van der Waals surface area (Å²) >= 11 is 0. The first-order chi connectivity index (χ1) is 36.5. The van der Waals surface area contributed by atoms with Crippen LogP contribution in [0.25, 0.3) is 0 Å². The van der Waals surface area contributed by atoms with Crippen molar-refractivity contribution < 1.29 is 28.6 Å². The summed E-state index contributed by atoms with van der Waals surface area (Å²) in [7, 11) is 0. The van der Waals surface area contributed by atoms with Gasteiger partial charge in [0.1, 0.15) is 13.2 Å². The van der Waals surface area contributed by atoms with Crippen molar-refractivity contribution in [2.24, 2.45) is 0 Å². The summed E-state index contributed by atoms with van der Waals surface area (Å²) in [5, 5.41) is 0. The van der Waals surface area contributed by atoms with Gasteiger partial charge in [0.05, 0.1) is 0 Å². The van der Waals surface area contributed by atoms with E-state index >= 15 is 0 Å². The predicted octanol–water partition coefficient (Wildman–Crippen LogP) is 22.6. The normalized spacial score (nSPS) is 12.1. The van der Waals surface area contributed by atoms with Crippen molar-refractivity contribution >= 4 is 17.9 Å². The molecule has 1 unspecified atom stereocenters. The van der Waals surface area contributed by atoms with Crippen LogP contribution in [0.15, 0.2) is 24.3 Å². The fraction of sp³-hybridized carbons (Fsp3) is 0.897. The Balaban J connectivity index is 3.91.